The first-order valence-corrected chi connectivity index (χ1v) is 11.2. The normalized spacial score (nSPS) is 12.1. The zero-order valence-corrected chi connectivity index (χ0v) is 19.5. The molecule has 0 saturated carbocycles. The maximum atomic E-state index is 12.5. The highest BCUT2D eigenvalue weighted by Gasteiger charge is 2.11. The van der Waals surface area contributed by atoms with Crippen molar-refractivity contribution in [1.29, 1.82) is 0 Å². The second-order valence-corrected chi connectivity index (χ2v) is 8.83. The Morgan fingerprint density at radius 2 is 1.44 bits per heavy atom. The van der Waals surface area contributed by atoms with Crippen molar-refractivity contribution in [3.63, 3.8) is 0 Å². The lowest BCUT2D eigenvalue weighted by molar-refractivity contribution is 0.0734. The minimum absolute atomic E-state index is 0.124. The molecular formula is C27H32N2O3. The van der Waals surface area contributed by atoms with Crippen LogP contribution in [0.3, 0.4) is 0 Å². The van der Waals surface area contributed by atoms with Crippen molar-refractivity contribution in [3.8, 4) is 22.9 Å². The number of esters is 1. The number of rotatable bonds is 9. The van der Waals surface area contributed by atoms with Crippen LogP contribution in [0.5, 0.6) is 11.5 Å². The van der Waals surface area contributed by atoms with Crippen LogP contribution in [0.25, 0.3) is 11.4 Å². The second-order valence-electron chi connectivity index (χ2n) is 8.83. The van der Waals surface area contributed by atoms with E-state index < -0.39 is 5.97 Å². The molecule has 3 aromatic rings. The van der Waals surface area contributed by atoms with Gasteiger partial charge in [-0.1, -0.05) is 52.0 Å². The van der Waals surface area contributed by atoms with Gasteiger partial charge in [0.1, 0.15) is 5.75 Å². The summed E-state index contributed by atoms with van der Waals surface area (Å²) in [5.41, 5.74) is 2.50. The van der Waals surface area contributed by atoms with Gasteiger partial charge < -0.3 is 9.47 Å². The molecule has 3 rings (SSSR count). The molecule has 0 amide bonds. The largest absolute Gasteiger partial charge is 0.487 e. The number of hydrogen-bond acceptors (Lipinski definition) is 5. The van der Waals surface area contributed by atoms with E-state index in [1.807, 2.05) is 36.4 Å². The maximum absolute atomic E-state index is 12.5. The number of benzene rings is 2. The molecule has 0 unspecified atom stereocenters. The zero-order chi connectivity index (χ0) is 23.1. The molecule has 0 bridgehead atoms. The third kappa shape index (κ3) is 6.64. The molecule has 1 atom stereocenters. The van der Waals surface area contributed by atoms with Crippen LogP contribution >= 0.6 is 0 Å². The monoisotopic (exact) mass is 432 g/mol. The van der Waals surface area contributed by atoms with Crippen molar-refractivity contribution in [3.05, 3.63) is 72.1 Å². The molecule has 0 aliphatic heterocycles. The Hall–Kier alpha value is -3.21. The van der Waals surface area contributed by atoms with Crippen LogP contribution < -0.4 is 9.47 Å². The van der Waals surface area contributed by atoms with E-state index in [0.29, 0.717) is 34.7 Å². The van der Waals surface area contributed by atoms with Crippen LogP contribution in [0.1, 0.15) is 69.3 Å². The number of aromatic nitrogens is 2. The van der Waals surface area contributed by atoms with E-state index in [1.54, 1.807) is 24.5 Å². The summed E-state index contributed by atoms with van der Waals surface area (Å²) in [6.45, 7) is 10.7. The highest BCUT2D eigenvalue weighted by molar-refractivity contribution is 5.91. The molecule has 0 fully saturated rings. The van der Waals surface area contributed by atoms with Crippen LogP contribution in [-0.2, 0) is 0 Å². The first kappa shape index (κ1) is 23.5. The summed E-state index contributed by atoms with van der Waals surface area (Å²) < 4.78 is 11.4. The van der Waals surface area contributed by atoms with Crippen molar-refractivity contribution in [2.75, 3.05) is 0 Å². The van der Waals surface area contributed by atoms with Gasteiger partial charge in [-0.2, -0.15) is 0 Å². The molecule has 2 aromatic carbocycles. The molecule has 0 spiro atoms. The summed E-state index contributed by atoms with van der Waals surface area (Å²) in [4.78, 5) is 21.3. The standard InChI is InChI=1S/C27H32N2O3/c1-18(2)6-7-20(5)31-25-16-28-26(29-17-25)22-8-10-23(11-9-22)27(30)32-24-14-12-21(13-15-24)19(3)4/h8-20H,6-7H2,1-5H3/t20-/m1/s1. The number of nitrogens with zero attached hydrogens (tertiary/aromatic N) is 2. The van der Waals surface area contributed by atoms with E-state index >= 15 is 0 Å². The van der Waals surface area contributed by atoms with Gasteiger partial charge in [0, 0.05) is 5.56 Å². The van der Waals surface area contributed by atoms with Crippen LogP contribution in [0.4, 0.5) is 0 Å². The van der Waals surface area contributed by atoms with E-state index in [4.69, 9.17) is 9.47 Å². The highest BCUT2D eigenvalue weighted by Crippen LogP contribution is 2.22. The Kier molecular flexibility index (Phi) is 7.98. The van der Waals surface area contributed by atoms with Crippen LogP contribution in [-0.4, -0.2) is 22.0 Å². The molecule has 0 N–H and O–H groups in total. The Morgan fingerprint density at radius 1 is 0.812 bits per heavy atom. The van der Waals surface area contributed by atoms with Crippen LogP contribution in [0.2, 0.25) is 0 Å². The van der Waals surface area contributed by atoms with E-state index in [9.17, 15) is 4.79 Å². The summed E-state index contributed by atoms with van der Waals surface area (Å²) in [6, 6.07) is 14.7. The van der Waals surface area contributed by atoms with Gasteiger partial charge in [0.2, 0.25) is 0 Å². The number of hydrogen-bond donors (Lipinski definition) is 0. The fourth-order valence-corrected chi connectivity index (χ4v) is 3.23. The lowest BCUT2D eigenvalue weighted by atomic mass is 10.0. The lowest BCUT2D eigenvalue weighted by Crippen LogP contribution is -2.13. The molecule has 5 nitrogen and oxygen atoms in total. The molecular weight excluding hydrogens is 400 g/mol. The summed E-state index contributed by atoms with van der Waals surface area (Å²) in [5, 5.41) is 0. The molecule has 168 valence electrons. The average Bonchev–Trinajstić information content (AvgIpc) is 2.78. The molecule has 0 aliphatic carbocycles. The first-order chi connectivity index (χ1) is 15.3. The summed E-state index contributed by atoms with van der Waals surface area (Å²) >= 11 is 0. The summed E-state index contributed by atoms with van der Waals surface area (Å²) in [5.74, 6) is 2.47. The van der Waals surface area contributed by atoms with Crippen molar-refractivity contribution >= 4 is 5.97 Å². The fraction of sp³-hybridized carbons (Fsp3) is 0.370. The fourth-order valence-electron chi connectivity index (χ4n) is 3.23. The van der Waals surface area contributed by atoms with E-state index in [0.717, 1.165) is 18.4 Å². The molecule has 0 saturated heterocycles. The van der Waals surface area contributed by atoms with Gasteiger partial charge in [0.05, 0.1) is 24.1 Å². The Labute approximate surface area is 190 Å². The predicted octanol–water partition coefficient (Wildman–Crippen LogP) is 6.69. The van der Waals surface area contributed by atoms with Gasteiger partial charge in [-0.25, -0.2) is 14.8 Å². The van der Waals surface area contributed by atoms with Crippen LogP contribution in [0.15, 0.2) is 60.9 Å². The predicted molar refractivity (Wildman–Crippen MR) is 127 cm³/mol. The Bertz CT molecular complexity index is 995. The van der Waals surface area contributed by atoms with E-state index in [1.165, 1.54) is 5.56 Å². The van der Waals surface area contributed by atoms with Gasteiger partial charge in [0.15, 0.2) is 11.6 Å². The maximum Gasteiger partial charge on any atom is 0.343 e. The number of ether oxygens (including phenoxy) is 2. The topological polar surface area (TPSA) is 61.3 Å². The third-order valence-corrected chi connectivity index (χ3v) is 5.25. The van der Waals surface area contributed by atoms with Crippen molar-refractivity contribution in [2.45, 2.75) is 59.5 Å². The lowest BCUT2D eigenvalue weighted by Gasteiger charge is -2.15. The second kappa shape index (κ2) is 10.9. The zero-order valence-electron chi connectivity index (χ0n) is 19.5. The highest BCUT2D eigenvalue weighted by atomic mass is 16.5. The van der Waals surface area contributed by atoms with Crippen molar-refractivity contribution < 1.29 is 14.3 Å². The van der Waals surface area contributed by atoms with Crippen molar-refractivity contribution in [1.82, 2.24) is 9.97 Å². The molecule has 5 heteroatoms. The van der Waals surface area contributed by atoms with Gasteiger partial charge in [0.25, 0.3) is 0 Å². The minimum Gasteiger partial charge on any atom is -0.487 e. The SMILES string of the molecule is CC(C)CC[C@@H](C)Oc1cnc(-c2ccc(C(=O)Oc3ccc(C(C)C)cc3)cc2)nc1. The summed E-state index contributed by atoms with van der Waals surface area (Å²) in [7, 11) is 0. The van der Waals surface area contributed by atoms with Crippen molar-refractivity contribution in [2.24, 2.45) is 5.92 Å². The molecule has 0 radical (unpaired) electrons. The van der Waals surface area contributed by atoms with E-state index in [2.05, 4.69) is 44.6 Å². The Morgan fingerprint density at radius 3 is 2.00 bits per heavy atom. The first-order valence-electron chi connectivity index (χ1n) is 11.2. The minimum atomic E-state index is -0.395. The van der Waals surface area contributed by atoms with Crippen LogP contribution in [0, 0.1) is 5.92 Å². The summed E-state index contributed by atoms with van der Waals surface area (Å²) in [6.07, 6.45) is 5.63. The molecule has 1 aromatic heterocycles. The van der Waals surface area contributed by atoms with Gasteiger partial charge in [-0.05, 0) is 61.4 Å². The van der Waals surface area contributed by atoms with Gasteiger partial charge in [-0.15, -0.1) is 0 Å². The molecule has 1 heterocycles. The average molecular weight is 433 g/mol. The van der Waals surface area contributed by atoms with E-state index in [-0.39, 0.29) is 6.10 Å². The molecule has 0 aliphatic rings. The smallest absolute Gasteiger partial charge is 0.343 e. The number of carbonyl (C=O) groups excluding carboxylic acids is 1. The quantitative estimate of drug-likeness (QED) is 0.278. The van der Waals surface area contributed by atoms with Gasteiger partial charge >= 0.3 is 5.97 Å². The van der Waals surface area contributed by atoms with Gasteiger partial charge in [-0.3, -0.25) is 0 Å². The third-order valence-electron chi connectivity index (χ3n) is 5.25. The molecule has 32 heavy (non-hydrogen) atoms. The number of carbonyl (C=O) groups is 1. The Balaban J connectivity index is 1.59.